The van der Waals surface area contributed by atoms with Crippen molar-refractivity contribution < 1.29 is 18.0 Å². The maximum absolute atomic E-state index is 12.8. The van der Waals surface area contributed by atoms with Crippen molar-refractivity contribution in [3.8, 4) is 0 Å². The van der Waals surface area contributed by atoms with Crippen LogP contribution < -0.4 is 10.9 Å². The van der Waals surface area contributed by atoms with Crippen molar-refractivity contribution in [3.63, 3.8) is 0 Å². The predicted octanol–water partition coefficient (Wildman–Crippen LogP) is 0.826. The molecule has 0 unspecified atom stereocenters. The number of nitrogens with one attached hydrogen (secondary N) is 1. The Labute approximate surface area is 190 Å². The molecule has 2 aromatic rings. The lowest BCUT2D eigenvalue weighted by Crippen LogP contribution is -2.45. The summed E-state index contributed by atoms with van der Waals surface area (Å²) in [6, 6.07) is 6.60. The zero-order valence-corrected chi connectivity index (χ0v) is 19.5. The van der Waals surface area contributed by atoms with E-state index in [1.54, 1.807) is 37.3 Å². The van der Waals surface area contributed by atoms with Gasteiger partial charge >= 0.3 is 0 Å². The third kappa shape index (κ3) is 5.77. The molecule has 2 heterocycles. The number of para-hydroxylation sites is 1. The van der Waals surface area contributed by atoms with Crippen LogP contribution >= 0.6 is 11.8 Å². The number of hydrogen-bond acceptors (Lipinski definition) is 7. The Kier molecular flexibility index (Phi) is 7.73. The summed E-state index contributed by atoms with van der Waals surface area (Å²) < 4.78 is 24.6. The van der Waals surface area contributed by atoms with Gasteiger partial charge in [-0.15, -0.1) is 6.58 Å². The maximum Gasteiger partial charge on any atom is 0.262 e. The molecule has 11 heteroatoms. The standard InChI is InChI=1S/C21H26N4O5S2/c1-3-10-25-20(28)16-7-5-6-8-17(16)23-21(25)31-13-19(27)24(4-2)12-18(26)22-15-9-11-32(29,30)14-15/h3,5-8,15H,1,4,9-14H2,2H3,(H,22,26)/t15-/m1/s1. The summed E-state index contributed by atoms with van der Waals surface area (Å²) in [7, 11) is -3.10. The van der Waals surface area contributed by atoms with E-state index in [0.29, 0.717) is 29.0 Å². The van der Waals surface area contributed by atoms with Gasteiger partial charge in [-0.1, -0.05) is 30.0 Å². The third-order valence-corrected chi connectivity index (χ3v) is 7.86. The molecule has 172 valence electrons. The molecule has 32 heavy (non-hydrogen) atoms. The van der Waals surface area contributed by atoms with Gasteiger partial charge in [-0.25, -0.2) is 13.4 Å². The van der Waals surface area contributed by atoms with Crippen molar-refractivity contribution in [2.24, 2.45) is 0 Å². The molecule has 1 aliphatic heterocycles. The number of allylic oxidation sites excluding steroid dienone is 1. The van der Waals surface area contributed by atoms with E-state index >= 15 is 0 Å². The van der Waals surface area contributed by atoms with Crippen molar-refractivity contribution in [1.29, 1.82) is 0 Å². The van der Waals surface area contributed by atoms with Gasteiger partial charge in [0.05, 0.1) is 34.7 Å². The van der Waals surface area contributed by atoms with Gasteiger partial charge in [-0.05, 0) is 25.5 Å². The van der Waals surface area contributed by atoms with Crippen LogP contribution in [-0.4, -0.2) is 71.1 Å². The van der Waals surface area contributed by atoms with Crippen LogP contribution in [0, 0.1) is 0 Å². The summed E-state index contributed by atoms with van der Waals surface area (Å²) in [5, 5.41) is 3.59. The number of hydrogen-bond donors (Lipinski definition) is 1. The Bertz CT molecular complexity index is 1190. The first-order valence-corrected chi connectivity index (χ1v) is 13.1. The van der Waals surface area contributed by atoms with E-state index in [-0.39, 0.29) is 47.7 Å². The molecule has 0 spiro atoms. The zero-order chi connectivity index (χ0) is 23.3. The Morgan fingerprint density at radius 2 is 2.12 bits per heavy atom. The van der Waals surface area contributed by atoms with Gasteiger partial charge in [0.1, 0.15) is 0 Å². The molecule has 1 fully saturated rings. The SMILES string of the molecule is C=CCn1c(SCC(=O)N(CC)CC(=O)N[C@@H]2CCS(=O)(=O)C2)nc2ccccc2c1=O. The van der Waals surface area contributed by atoms with Crippen LogP contribution in [-0.2, 0) is 26.0 Å². The third-order valence-electron chi connectivity index (χ3n) is 5.13. The predicted molar refractivity (Wildman–Crippen MR) is 124 cm³/mol. The molecular formula is C21H26N4O5S2. The zero-order valence-electron chi connectivity index (χ0n) is 17.8. The number of carbonyl (C=O) groups is 2. The average Bonchev–Trinajstić information content (AvgIpc) is 3.10. The number of thioether (sulfide) groups is 1. The molecule has 0 saturated carbocycles. The minimum Gasteiger partial charge on any atom is -0.351 e. The number of nitrogens with zero attached hydrogens (tertiary/aromatic N) is 3. The number of sulfone groups is 1. The van der Waals surface area contributed by atoms with Crippen LogP contribution in [0.25, 0.3) is 10.9 Å². The number of amides is 2. The smallest absolute Gasteiger partial charge is 0.262 e. The van der Waals surface area contributed by atoms with Crippen molar-refractivity contribution in [2.45, 2.75) is 31.1 Å². The lowest BCUT2D eigenvalue weighted by Gasteiger charge is -2.21. The highest BCUT2D eigenvalue weighted by atomic mass is 32.2. The van der Waals surface area contributed by atoms with E-state index in [4.69, 9.17) is 0 Å². The Morgan fingerprint density at radius 3 is 2.78 bits per heavy atom. The van der Waals surface area contributed by atoms with Gasteiger partial charge in [-0.3, -0.25) is 19.0 Å². The highest BCUT2D eigenvalue weighted by molar-refractivity contribution is 7.99. The van der Waals surface area contributed by atoms with E-state index in [2.05, 4.69) is 16.9 Å². The average molecular weight is 479 g/mol. The van der Waals surface area contributed by atoms with E-state index in [0.717, 1.165) is 11.8 Å². The molecule has 1 aromatic carbocycles. The fourth-order valence-electron chi connectivity index (χ4n) is 3.50. The number of likely N-dealkylation sites (N-methyl/N-ethyl adjacent to an activating group) is 1. The minimum atomic E-state index is -3.10. The first-order valence-electron chi connectivity index (χ1n) is 10.2. The first kappa shape index (κ1) is 24.0. The van der Waals surface area contributed by atoms with Crippen LogP contribution in [0.4, 0.5) is 0 Å². The second-order valence-electron chi connectivity index (χ2n) is 7.48. The quantitative estimate of drug-likeness (QED) is 0.322. The van der Waals surface area contributed by atoms with Crippen molar-refractivity contribution in [2.75, 3.05) is 30.3 Å². The topological polar surface area (TPSA) is 118 Å². The molecule has 9 nitrogen and oxygen atoms in total. The molecule has 0 radical (unpaired) electrons. The highest BCUT2D eigenvalue weighted by Crippen LogP contribution is 2.18. The maximum atomic E-state index is 12.8. The van der Waals surface area contributed by atoms with Gasteiger partial charge in [0, 0.05) is 19.1 Å². The molecule has 1 saturated heterocycles. The first-order chi connectivity index (χ1) is 15.2. The molecule has 2 amide bonds. The van der Waals surface area contributed by atoms with Crippen molar-refractivity contribution in [3.05, 3.63) is 47.3 Å². The second-order valence-corrected chi connectivity index (χ2v) is 10.7. The fourth-order valence-corrected chi connectivity index (χ4v) is 6.08. The lowest BCUT2D eigenvalue weighted by molar-refractivity contribution is -0.134. The molecule has 1 aliphatic rings. The minimum absolute atomic E-state index is 0.000844. The number of aromatic nitrogens is 2. The molecule has 0 aliphatic carbocycles. The van der Waals surface area contributed by atoms with E-state index in [9.17, 15) is 22.8 Å². The summed E-state index contributed by atoms with van der Waals surface area (Å²) in [6.45, 7) is 5.87. The van der Waals surface area contributed by atoms with Gasteiger partial charge in [-0.2, -0.15) is 0 Å². The molecule has 1 atom stereocenters. The van der Waals surface area contributed by atoms with Crippen LogP contribution in [0.2, 0.25) is 0 Å². The van der Waals surface area contributed by atoms with Gasteiger partial charge in [0.25, 0.3) is 5.56 Å². The number of benzene rings is 1. The molecular weight excluding hydrogens is 452 g/mol. The van der Waals surface area contributed by atoms with Crippen LogP contribution in [0.15, 0.2) is 46.9 Å². The molecule has 3 rings (SSSR count). The highest BCUT2D eigenvalue weighted by Gasteiger charge is 2.29. The normalized spacial score (nSPS) is 17.2. The van der Waals surface area contributed by atoms with Crippen LogP contribution in [0.3, 0.4) is 0 Å². The number of rotatable bonds is 9. The summed E-state index contributed by atoms with van der Waals surface area (Å²) in [4.78, 5) is 43.8. The lowest BCUT2D eigenvalue weighted by atomic mass is 10.2. The Morgan fingerprint density at radius 1 is 1.38 bits per heavy atom. The van der Waals surface area contributed by atoms with Gasteiger partial charge in [0.2, 0.25) is 11.8 Å². The van der Waals surface area contributed by atoms with E-state index < -0.39 is 15.9 Å². The number of fused-ring (bicyclic) bond motifs is 1. The summed E-state index contributed by atoms with van der Waals surface area (Å²) >= 11 is 1.13. The Balaban J connectivity index is 1.66. The molecule has 1 aromatic heterocycles. The van der Waals surface area contributed by atoms with Crippen molar-refractivity contribution in [1.82, 2.24) is 19.8 Å². The summed E-state index contributed by atoms with van der Waals surface area (Å²) in [6.07, 6.45) is 1.98. The second kappa shape index (κ2) is 10.3. The largest absolute Gasteiger partial charge is 0.351 e. The van der Waals surface area contributed by atoms with Gasteiger partial charge < -0.3 is 10.2 Å². The molecule has 1 N–H and O–H groups in total. The Hall–Kier alpha value is -2.66. The van der Waals surface area contributed by atoms with Crippen LogP contribution in [0.5, 0.6) is 0 Å². The summed E-state index contributed by atoms with van der Waals surface area (Å²) in [5.41, 5.74) is 0.342. The van der Waals surface area contributed by atoms with E-state index in [1.165, 1.54) is 9.47 Å². The van der Waals surface area contributed by atoms with Gasteiger partial charge in [0.15, 0.2) is 15.0 Å². The molecule has 0 bridgehead atoms. The van der Waals surface area contributed by atoms with E-state index in [1.807, 2.05) is 0 Å². The summed E-state index contributed by atoms with van der Waals surface area (Å²) in [5.74, 6) is -0.667. The van der Waals surface area contributed by atoms with Crippen LogP contribution in [0.1, 0.15) is 13.3 Å². The fraction of sp³-hybridized carbons (Fsp3) is 0.429. The monoisotopic (exact) mass is 478 g/mol. The van der Waals surface area contributed by atoms with Crippen molar-refractivity contribution >= 4 is 44.3 Å². The number of carbonyl (C=O) groups excluding carboxylic acids is 2.